The summed E-state index contributed by atoms with van der Waals surface area (Å²) in [6.45, 7) is 4.24. The first-order valence-corrected chi connectivity index (χ1v) is 13.9. The normalized spacial score (nSPS) is 14.0. The third-order valence-corrected chi connectivity index (χ3v) is 7.30. The zero-order chi connectivity index (χ0) is 28.0. The summed E-state index contributed by atoms with van der Waals surface area (Å²) in [5.74, 6) is -0.103. The number of hydrogen-bond donors (Lipinski definition) is 3. The number of amides is 2. The van der Waals surface area contributed by atoms with E-state index in [4.69, 9.17) is 13.7 Å². The molecule has 2 amide bonds. The SMILES string of the molecule is O=C(NCCN1CCOCC1)Nc1nc2ccc(OS(=O)(=O)c3ccc(OC(=O)c4ccccc4)cc3)cc2[nH]1. The zero-order valence-corrected chi connectivity index (χ0v) is 22.1. The first kappa shape index (κ1) is 27.1. The van der Waals surface area contributed by atoms with Gasteiger partial charge in [-0.2, -0.15) is 8.42 Å². The molecule has 0 saturated carbocycles. The number of esters is 1. The minimum atomic E-state index is -4.18. The summed E-state index contributed by atoms with van der Waals surface area (Å²) in [6, 6.07) is 17.9. The van der Waals surface area contributed by atoms with Gasteiger partial charge in [0.15, 0.2) is 0 Å². The van der Waals surface area contributed by atoms with Crippen LogP contribution >= 0.6 is 0 Å². The van der Waals surface area contributed by atoms with Crippen molar-refractivity contribution in [2.75, 3.05) is 44.7 Å². The maximum atomic E-state index is 12.8. The van der Waals surface area contributed by atoms with E-state index in [-0.39, 0.29) is 22.3 Å². The number of aromatic nitrogens is 2. The topological polar surface area (TPSA) is 152 Å². The number of carbonyl (C=O) groups is 2. The van der Waals surface area contributed by atoms with Crippen LogP contribution in [0, 0.1) is 0 Å². The highest BCUT2D eigenvalue weighted by Gasteiger charge is 2.19. The molecule has 4 aromatic rings. The second kappa shape index (κ2) is 12.2. The molecule has 40 heavy (non-hydrogen) atoms. The first-order chi connectivity index (χ1) is 19.4. The lowest BCUT2D eigenvalue weighted by molar-refractivity contribution is 0.0388. The number of anilines is 1. The second-order valence-electron chi connectivity index (χ2n) is 8.86. The lowest BCUT2D eigenvalue weighted by atomic mass is 10.2. The summed E-state index contributed by atoms with van der Waals surface area (Å²) >= 11 is 0. The van der Waals surface area contributed by atoms with Gasteiger partial charge in [-0.25, -0.2) is 14.6 Å². The number of imidazole rings is 1. The van der Waals surface area contributed by atoms with Gasteiger partial charge in [-0.1, -0.05) is 18.2 Å². The fourth-order valence-corrected chi connectivity index (χ4v) is 4.92. The van der Waals surface area contributed by atoms with Crippen molar-refractivity contribution in [3.8, 4) is 11.5 Å². The molecule has 1 aliphatic heterocycles. The van der Waals surface area contributed by atoms with Crippen molar-refractivity contribution >= 4 is 39.1 Å². The van der Waals surface area contributed by atoms with Gasteiger partial charge in [0, 0.05) is 32.2 Å². The number of nitrogens with one attached hydrogen (secondary N) is 3. The molecule has 0 radical (unpaired) electrons. The largest absolute Gasteiger partial charge is 0.423 e. The van der Waals surface area contributed by atoms with Crippen molar-refractivity contribution in [2.45, 2.75) is 4.90 Å². The third kappa shape index (κ3) is 6.94. The van der Waals surface area contributed by atoms with Crippen LogP contribution in [0.25, 0.3) is 11.0 Å². The summed E-state index contributed by atoms with van der Waals surface area (Å²) in [5, 5.41) is 5.42. The quantitative estimate of drug-likeness (QED) is 0.158. The number of carbonyl (C=O) groups excluding carboxylic acids is 2. The Labute approximate surface area is 230 Å². The van der Waals surface area contributed by atoms with Gasteiger partial charge in [0.1, 0.15) is 16.4 Å². The Bertz CT molecular complexity index is 1580. The number of nitrogens with zero attached hydrogens (tertiary/aromatic N) is 2. The van der Waals surface area contributed by atoms with Crippen molar-refractivity contribution in [1.82, 2.24) is 20.2 Å². The van der Waals surface area contributed by atoms with Crippen LogP contribution in [0.3, 0.4) is 0 Å². The molecule has 0 bridgehead atoms. The van der Waals surface area contributed by atoms with Crippen LogP contribution in [-0.4, -0.2) is 74.7 Å². The van der Waals surface area contributed by atoms with Gasteiger partial charge in [0.05, 0.1) is 29.8 Å². The van der Waals surface area contributed by atoms with Crippen molar-refractivity contribution in [3.05, 3.63) is 78.4 Å². The maximum absolute atomic E-state index is 12.8. The fourth-order valence-electron chi connectivity index (χ4n) is 3.99. The monoisotopic (exact) mass is 565 g/mol. The highest BCUT2D eigenvalue weighted by Crippen LogP contribution is 2.25. The van der Waals surface area contributed by atoms with Crippen LogP contribution < -0.4 is 19.6 Å². The summed E-state index contributed by atoms with van der Waals surface area (Å²) in [4.78, 5) is 33.8. The molecule has 13 heteroatoms. The molecule has 0 aliphatic carbocycles. The Morgan fingerprint density at radius 3 is 2.45 bits per heavy atom. The number of ether oxygens (including phenoxy) is 2. The summed E-state index contributed by atoms with van der Waals surface area (Å²) < 4.78 is 41.5. The molecule has 0 spiro atoms. The van der Waals surface area contributed by atoms with Crippen molar-refractivity contribution < 1.29 is 31.7 Å². The van der Waals surface area contributed by atoms with E-state index in [2.05, 4.69) is 25.5 Å². The van der Waals surface area contributed by atoms with Crippen LogP contribution in [-0.2, 0) is 14.9 Å². The molecule has 1 aromatic heterocycles. The minimum absolute atomic E-state index is 0.0530. The molecule has 5 rings (SSSR count). The van der Waals surface area contributed by atoms with Gasteiger partial charge in [-0.3, -0.25) is 10.2 Å². The van der Waals surface area contributed by atoms with E-state index in [0.29, 0.717) is 42.9 Å². The number of hydrogen-bond acceptors (Lipinski definition) is 9. The molecular weight excluding hydrogens is 538 g/mol. The van der Waals surface area contributed by atoms with Crippen LogP contribution in [0.5, 0.6) is 11.5 Å². The lowest BCUT2D eigenvalue weighted by Gasteiger charge is -2.26. The third-order valence-electron chi connectivity index (χ3n) is 6.04. The van der Waals surface area contributed by atoms with E-state index in [1.165, 1.54) is 36.4 Å². The van der Waals surface area contributed by atoms with E-state index in [0.717, 1.165) is 13.1 Å². The molecule has 1 saturated heterocycles. The fraction of sp³-hybridized carbons (Fsp3) is 0.222. The number of morpholine rings is 1. The smallest absolute Gasteiger partial charge is 0.343 e. The van der Waals surface area contributed by atoms with Crippen LogP contribution in [0.15, 0.2) is 77.7 Å². The van der Waals surface area contributed by atoms with Crippen LogP contribution in [0.4, 0.5) is 10.7 Å². The average Bonchev–Trinajstić information content (AvgIpc) is 3.35. The molecule has 1 fully saturated rings. The Kier molecular flexibility index (Phi) is 8.24. The van der Waals surface area contributed by atoms with Crippen LogP contribution in [0.2, 0.25) is 0 Å². The van der Waals surface area contributed by atoms with Gasteiger partial charge >= 0.3 is 22.1 Å². The molecule has 1 aliphatic rings. The maximum Gasteiger partial charge on any atom is 0.343 e. The minimum Gasteiger partial charge on any atom is -0.423 e. The Balaban J connectivity index is 1.17. The molecule has 0 unspecified atom stereocenters. The molecule has 208 valence electrons. The Morgan fingerprint density at radius 2 is 1.70 bits per heavy atom. The highest BCUT2D eigenvalue weighted by atomic mass is 32.2. The molecule has 3 aromatic carbocycles. The number of urea groups is 1. The standard InChI is InChI=1S/C27H27N5O7S/c33-25(19-4-2-1-3-5-19)38-20-6-9-22(10-7-20)40(35,36)39-21-8-11-23-24(18-21)30-26(29-23)31-27(34)28-12-13-32-14-16-37-17-15-32/h1-11,18H,12-17H2,(H3,28,29,30,31,34). The molecule has 12 nitrogen and oxygen atoms in total. The Hall–Kier alpha value is -4.46. The summed E-state index contributed by atoms with van der Waals surface area (Å²) in [6.07, 6.45) is 0. The average molecular weight is 566 g/mol. The van der Waals surface area contributed by atoms with E-state index in [1.54, 1.807) is 36.4 Å². The van der Waals surface area contributed by atoms with Crippen molar-refractivity contribution in [3.63, 3.8) is 0 Å². The summed E-state index contributed by atoms with van der Waals surface area (Å²) in [5.41, 5.74) is 1.36. The van der Waals surface area contributed by atoms with Gasteiger partial charge in [0.2, 0.25) is 5.95 Å². The number of fused-ring (bicyclic) bond motifs is 1. The number of aromatic amines is 1. The highest BCUT2D eigenvalue weighted by molar-refractivity contribution is 7.87. The van der Waals surface area contributed by atoms with Crippen molar-refractivity contribution in [2.24, 2.45) is 0 Å². The van der Waals surface area contributed by atoms with E-state index < -0.39 is 22.1 Å². The zero-order valence-electron chi connectivity index (χ0n) is 21.3. The van der Waals surface area contributed by atoms with E-state index in [1.807, 2.05) is 0 Å². The van der Waals surface area contributed by atoms with Gasteiger partial charge < -0.3 is 24.0 Å². The van der Waals surface area contributed by atoms with E-state index >= 15 is 0 Å². The first-order valence-electron chi connectivity index (χ1n) is 12.5. The number of rotatable bonds is 9. The van der Waals surface area contributed by atoms with Crippen molar-refractivity contribution in [1.29, 1.82) is 0 Å². The molecule has 2 heterocycles. The number of H-pyrrole nitrogens is 1. The predicted octanol–water partition coefficient (Wildman–Crippen LogP) is 3.00. The lowest BCUT2D eigenvalue weighted by Crippen LogP contribution is -2.42. The van der Waals surface area contributed by atoms with Gasteiger partial charge in [-0.05, 0) is 48.5 Å². The molecule has 3 N–H and O–H groups in total. The van der Waals surface area contributed by atoms with Gasteiger partial charge in [0.25, 0.3) is 0 Å². The molecule has 0 atom stereocenters. The predicted molar refractivity (Wildman–Crippen MR) is 146 cm³/mol. The number of benzene rings is 3. The second-order valence-corrected chi connectivity index (χ2v) is 10.4. The Morgan fingerprint density at radius 1 is 0.975 bits per heavy atom. The van der Waals surface area contributed by atoms with Crippen LogP contribution in [0.1, 0.15) is 10.4 Å². The van der Waals surface area contributed by atoms with E-state index in [9.17, 15) is 18.0 Å². The summed E-state index contributed by atoms with van der Waals surface area (Å²) in [7, 11) is -4.18. The van der Waals surface area contributed by atoms with Gasteiger partial charge in [-0.15, -0.1) is 0 Å². The molecular formula is C27H27N5O7S.